The number of ether oxygens (including phenoxy) is 1. The Kier molecular flexibility index (Phi) is 4.71. The van der Waals surface area contributed by atoms with Crippen LogP contribution >= 0.6 is 11.3 Å². The molecule has 2 heterocycles. The van der Waals surface area contributed by atoms with Gasteiger partial charge in [-0.15, -0.1) is 11.3 Å². The molecule has 1 aromatic carbocycles. The molecule has 24 heavy (non-hydrogen) atoms. The summed E-state index contributed by atoms with van der Waals surface area (Å²) < 4.78 is 19.8. The Balaban J connectivity index is 1.91. The second-order valence-electron chi connectivity index (χ2n) is 5.20. The molecule has 0 amide bonds. The van der Waals surface area contributed by atoms with Crippen LogP contribution < -0.4 is 0 Å². The van der Waals surface area contributed by atoms with Crippen LogP contribution in [0.15, 0.2) is 35.8 Å². The van der Waals surface area contributed by atoms with E-state index in [1.165, 1.54) is 23.5 Å². The average Bonchev–Trinajstić information content (AvgIpc) is 3.15. The lowest BCUT2D eigenvalue weighted by Crippen LogP contribution is -2.07. The maximum Gasteiger partial charge on any atom is 0.311 e. The second-order valence-corrected chi connectivity index (χ2v) is 6.06. The SMILES string of the molecule is CCOC(=O)Cc1csc(-c2cn(C)nc2-c2ccc(F)cc2)n1. The van der Waals surface area contributed by atoms with Crippen LogP contribution in [0.5, 0.6) is 0 Å². The molecular weight excluding hydrogens is 329 g/mol. The number of esters is 1. The minimum absolute atomic E-state index is 0.149. The fraction of sp³-hybridized carbons (Fsp3) is 0.235. The largest absolute Gasteiger partial charge is 0.466 e. The Labute approximate surface area is 142 Å². The lowest BCUT2D eigenvalue weighted by Gasteiger charge is -2.00. The summed E-state index contributed by atoms with van der Waals surface area (Å²) in [4.78, 5) is 16.1. The Morgan fingerprint density at radius 1 is 1.33 bits per heavy atom. The van der Waals surface area contributed by atoms with Crippen LogP contribution in [-0.2, 0) is 23.0 Å². The number of aryl methyl sites for hydroxylation is 1. The van der Waals surface area contributed by atoms with Crippen LogP contribution in [0.2, 0.25) is 0 Å². The molecule has 0 radical (unpaired) electrons. The maximum atomic E-state index is 13.1. The molecule has 0 aliphatic heterocycles. The van der Waals surface area contributed by atoms with E-state index in [1.807, 2.05) is 18.6 Å². The molecule has 3 aromatic rings. The fourth-order valence-corrected chi connectivity index (χ4v) is 3.17. The third kappa shape index (κ3) is 3.51. The number of hydrogen-bond acceptors (Lipinski definition) is 5. The van der Waals surface area contributed by atoms with Crippen LogP contribution in [-0.4, -0.2) is 27.3 Å². The van der Waals surface area contributed by atoms with Crippen molar-refractivity contribution in [1.29, 1.82) is 0 Å². The van der Waals surface area contributed by atoms with Gasteiger partial charge in [0, 0.05) is 24.2 Å². The number of thiazole rings is 1. The number of carbonyl (C=O) groups excluding carboxylic acids is 1. The topological polar surface area (TPSA) is 57.0 Å². The lowest BCUT2D eigenvalue weighted by molar-refractivity contribution is -0.142. The molecule has 0 bridgehead atoms. The number of benzene rings is 1. The van der Waals surface area contributed by atoms with Gasteiger partial charge in [-0.1, -0.05) is 0 Å². The normalized spacial score (nSPS) is 10.8. The lowest BCUT2D eigenvalue weighted by atomic mass is 10.1. The first kappa shape index (κ1) is 16.3. The third-order valence-electron chi connectivity index (χ3n) is 3.36. The molecular formula is C17H16FN3O2S. The van der Waals surface area contributed by atoms with Gasteiger partial charge in [0.15, 0.2) is 0 Å². The molecule has 0 unspecified atom stereocenters. The summed E-state index contributed by atoms with van der Waals surface area (Å²) in [5, 5.41) is 7.06. The van der Waals surface area contributed by atoms with E-state index in [-0.39, 0.29) is 18.2 Å². The zero-order valence-electron chi connectivity index (χ0n) is 13.3. The van der Waals surface area contributed by atoms with Crippen molar-refractivity contribution in [3.63, 3.8) is 0 Å². The first-order valence-electron chi connectivity index (χ1n) is 7.46. The number of hydrogen-bond donors (Lipinski definition) is 0. The van der Waals surface area contributed by atoms with E-state index in [2.05, 4.69) is 10.1 Å². The highest BCUT2D eigenvalue weighted by Gasteiger charge is 2.16. The summed E-state index contributed by atoms with van der Waals surface area (Å²) in [6, 6.07) is 6.19. The van der Waals surface area contributed by atoms with E-state index in [9.17, 15) is 9.18 Å². The van der Waals surface area contributed by atoms with Gasteiger partial charge in [-0.05, 0) is 31.2 Å². The van der Waals surface area contributed by atoms with Crippen LogP contribution in [0.25, 0.3) is 21.8 Å². The molecule has 2 aromatic heterocycles. The minimum atomic E-state index is -0.292. The van der Waals surface area contributed by atoms with E-state index in [4.69, 9.17) is 4.74 Å². The Morgan fingerprint density at radius 2 is 2.08 bits per heavy atom. The highest BCUT2D eigenvalue weighted by atomic mass is 32.1. The summed E-state index contributed by atoms with van der Waals surface area (Å²) in [5.74, 6) is -0.582. The smallest absolute Gasteiger partial charge is 0.311 e. The molecule has 0 N–H and O–H groups in total. The molecule has 7 heteroatoms. The Morgan fingerprint density at radius 3 is 2.79 bits per heavy atom. The van der Waals surface area contributed by atoms with Crippen molar-refractivity contribution >= 4 is 17.3 Å². The van der Waals surface area contributed by atoms with Crippen LogP contribution in [0, 0.1) is 5.82 Å². The van der Waals surface area contributed by atoms with Crippen LogP contribution in [0.1, 0.15) is 12.6 Å². The number of halogens is 1. The third-order valence-corrected chi connectivity index (χ3v) is 4.28. The van der Waals surface area contributed by atoms with E-state index in [1.54, 1.807) is 23.7 Å². The average molecular weight is 345 g/mol. The quantitative estimate of drug-likeness (QED) is 0.665. The molecule has 3 rings (SSSR count). The monoisotopic (exact) mass is 345 g/mol. The van der Waals surface area contributed by atoms with E-state index in [0.717, 1.165) is 21.8 Å². The predicted octanol–water partition coefficient (Wildman–Crippen LogP) is 3.46. The van der Waals surface area contributed by atoms with Crippen molar-refractivity contribution in [2.75, 3.05) is 6.61 Å². The van der Waals surface area contributed by atoms with E-state index >= 15 is 0 Å². The molecule has 0 fully saturated rings. The second kappa shape index (κ2) is 6.92. The summed E-state index contributed by atoms with van der Waals surface area (Å²) in [5.41, 5.74) is 3.07. The molecule has 124 valence electrons. The standard InChI is InChI=1S/C17H16FN3O2S/c1-3-23-15(22)8-13-10-24-17(19-13)14-9-21(2)20-16(14)11-4-6-12(18)7-5-11/h4-7,9-10H,3,8H2,1-2H3. The van der Waals surface area contributed by atoms with Crippen molar-refractivity contribution in [2.45, 2.75) is 13.3 Å². The van der Waals surface area contributed by atoms with Gasteiger partial charge in [0.1, 0.15) is 16.5 Å². The number of carbonyl (C=O) groups is 1. The van der Waals surface area contributed by atoms with Crippen molar-refractivity contribution in [1.82, 2.24) is 14.8 Å². The zero-order chi connectivity index (χ0) is 17.1. The molecule has 5 nitrogen and oxygen atoms in total. The van der Waals surface area contributed by atoms with Gasteiger partial charge >= 0.3 is 5.97 Å². The summed E-state index contributed by atoms with van der Waals surface area (Å²) in [6.07, 6.45) is 2.02. The molecule has 0 atom stereocenters. The molecule has 0 aliphatic carbocycles. The summed E-state index contributed by atoms with van der Waals surface area (Å²) in [7, 11) is 1.82. The van der Waals surface area contributed by atoms with Gasteiger partial charge in [0.25, 0.3) is 0 Å². The molecule has 0 aliphatic rings. The zero-order valence-corrected chi connectivity index (χ0v) is 14.1. The van der Waals surface area contributed by atoms with Gasteiger partial charge < -0.3 is 4.74 Å². The van der Waals surface area contributed by atoms with Crippen LogP contribution in [0.4, 0.5) is 4.39 Å². The first-order valence-corrected chi connectivity index (χ1v) is 8.34. The van der Waals surface area contributed by atoms with E-state index in [0.29, 0.717) is 12.3 Å². The highest BCUT2D eigenvalue weighted by Crippen LogP contribution is 2.33. The summed E-state index contributed by atoms with van der Waals surface area (Å²) >= 11 is 1.44. The molecule has 0 saturated heterocycles. The predicted molar refractivity (Wildman–Crippen MR) is 90.0 cm³/mol. The highest BCUT2D eigenvalue weighted by molar-refractivity contribution is 7.13. The Hall–Kier alpha value is -2.54. The minimum Gasteiger partial charge on any atom is -0.466 e. The van der Waals surface area contributed by atoms with Gasteiger partial charge in [0.05, 0.1) is 24.3 Å². The Bertz CT molecular complexity index is 855. The van der Waals surface area contributed by atoms with Gasteiger partial charge in [-0.2, -0.15) is 5.10 Å². The fourth-order valence-electron chi connectivity index (χ4n) is 2.34. The van der Waals surface area contributed by atoms with Gasteiger partial charge in [-0.3, -0.25) is 9.48 Å². The van der Waals surface area contributed by atoms with Crippen molar-refractivity contribution in [3.8, 4) is 21.8 Å². The number of rotatable bonds is 5. The van der Waals surface area contributed by atoms with Gasteiger partial charge in [-0.25, -0.2) is 9.37 Å². The van der Waals surface area contributed by atoms with Gasteiger partial charge in [0.2, 0.25) is 0 Å². The summed E-state index contributed by atoms with van der Waals surface area (Å²) in [6.45, 7) is 2.13. The van der Waals surface area contributed by atoms with Crippen molar-refractivity contribution < 1.29 is 13.9 Å². The number of aromatic nitrogens is 3. The maximum absolute atomic E-state index is 13.1. The van der Waals surface area contributed by atoms with Crippen molar-refractivity contribution in [2.24, 2.45) is 7.05 Å². The molecule has 0 saturated carbocycles. The first-order chi connectivity index (χ1) is 11.6. The number of nitrogens with zero attached hydrogens (tertiary/aromatic N) is 3. The van der Waals surface area contributed by atoms with Crippen molar-refractivity contribution in [3.05, 3.63) is 47.4 Å². The van der Waals surface area contributed by atoms with E-state index < -0.39 is 0 Å². The van der Waals surface area contributed by atoms with Crippen LogP contribution in [0.3, 0.4) is 0 Å². The molecule has 0 spiro atoms.